The normalized spacial score (nSPS) is 13.3. The van der Waals surface area contributed by atoms with E-state index < -0.39 is 15.3 Å². The summed E-state index contributed by atoms with van der Waals surface area (Å²) >= 11 is 4.62. The van der Waals surface area contributed by atoms with Crippen molar-refractivity contribution in [3.05, 3.63) is 35.6 Å². The summed E-state index contributed by atoms with van der Waals surface area (Å²) in [6, 6.07) is 5.54. The molecule has 0 aliphatic carbocycles. The lowest BCUT2D eigenvalue weighted by molar-refractivity contribution is 0.578. The highest BCUT2D eigenvalue weighted by Crippen LogP contribution is 2.05. The quantitative estimate of drug-likeness (QED) is 0.784. The standard InChI is InChI=1S/C10H13FN2O2S2/c1-7(10(12)16)17(14,15)13-6-8-2-4-9(11)5-3-8/h2-5,7,13H,6H2,1H3,(H2,12,16). The molecule has 1 atom stereocenters. The van der Waals surface area contributed by atoms with Gasteiger partial charge < -0.3 is 5.73 Å². The molecule has 94 valence electrons. The van der Waals surface area contributed by atoms with E-state index in [-0.39, 0.29) is 17.4 Å². The first-order chi connectivity index (χ1) is 7.83. The van der Waals surface area contributed by atoms with Crippen molar-refractivity contribution >= 4 is 27.2 Å². The maximum atomic E-state index is 12.6. The smallest absolute Gasteiger partial charge is 0.221 e. The van der Waals surface area contributed by atoms with Crippen molar-refractivity contribution in [2.24, 2.45) is 5.73 Å². The lowest BCUT2D eigenvalue weighted by Crippen LogP contribution is -2.39. The number of sulfonamides is 1. The Balaban J connectivity index is 2.68. The van der Waals surface area contributed by atoms with Crippen LogP contribution in [0.25, 0.3) is 0 Å². The van der Waals surface area contributed by atoms with E-state index in [1.54, 1.807) is 0 Å². The molecule has 0 aliphatic heterocycles. The van der Waals surface area contributed by atoms with Crippen LogP contribution in [0.15, 0.2) is 24.3 Å². The SMILES string of the molecule is CC(C(N)=S)S(=O)(=O)NCc1ccc(F)cc1. The molecule has 0 aromatic heterocycles. The van der Waals surface area contributed by atoms with Crippen molar-refractivity contribution in [1.29, 1.82) is 0 Å². The van der Waals surface area contributed by atoms with E-state index in [4.69, 9.17) is 5.73 Å². The Morgan fingerprint density at radius 1 is 1.47 bits per heavy atom. The van der Waals surface area contributed by atoms with E-state index in [0.717, 1.165) is 0 Å². The van der Waals surface area contributed by atoms with Crippen LogP contribution in [-0.2, 0) is 16.6 Å². The Morgan fingerprint density at radius 3 is 2.47 bits per heavy atom. The Labute approximate surface area is 105 Å². The van der Waals surface area contributed by atoms with Crippen molar-refractivity contribution in [2.45, 2.75) is 18.7 Å². The molecule has 0 spiro atoms. The lowest BCUT2D eigenvalue weighted by Gasteiger charge is -2.12. The van der Waals surface area contributed by atoms with Gasteiger partial charge in [0.15, 0.2) is 0 Å². The molecule has 0 bridgehead atoms. The number of halogens is 1. The Kier molecular flexibility index (Phi) is 4.55. The van der Waals surface area contributed by atoms with Crippen LogP contribution >= 0.6 is 12.2 Å². The lowest BCUT2D eigenvalue weighted by atomic mass is 10.2. The van der Waals surface area contributed by atoms with Crippen LogP contribution in [0.2, 0.25) is 0 Å². The minimum atomic E-state index is -3.58. The molecule has 0 saturated heterocycles. The van der Waals surface area contributed by atoms with Gasteiger partial charge in [0, 0.05) is 6.54 Å². The molecule has 4 nitrogen and oxygen atoms in total. The van der Waals surface area contributed by atoms with Gasteiger partial charge in [-0.25, -0.2) is 17.5 Å². The number of hydrogen-bond donors (Lipinski definition) is 2. The molecule has 0 amide bonds. The summed E-state index contributed by atoms with van der Waals surface area (Å²) in [6.45, 7) is 1.49. The molecular formula is C10H13FN2O2S2. The highest BCUT2D eigenvalue weighted by molar-refractivity contribution is 7.93. The van der Waals surface area contributed by atoms with Crippen LogP contribution in [0.3, 0.4) is 0 Å². The molecule has 17 heavy (non-hydrogen) atoms. The van der Waals surface area contributed by atoms with Crippen molar-refractivity contribution in [1.82, 2.24) is 4.72 Å². The molecule has 1 aromatic rings. The van der Waals surface area contributed by atoms with Gasteiger partial charge in [-0.2, -0.15) is 0 Å². The molecule has 1 aromatic carbocycles. The third kappa shape index (κ3) is 4.03. The van der Waals surface area contributed by atoms with E-state index >= 15 is 0 Å². The first-order valence-electron chi connectivity index (χ1n) is 4.85. The summed E-state index contributed by atoms with van der Waals surface area (Å²) in [5.74, 6) is -0.367. The van der Waals surface area contributed by atoms with Crippen LogP contribution in [0.5, 0.6) is 0 Å². The van der Waals surface area contributed by atoms with Gasteiger partial charge in [-0.05, 0) is 24.6 Å². The molecule has 0 aliphatic rings. The third-order valence-corrected chi connectivity index (χ3v) is 4.49. The van der Waals surface area contributed by atoms with Gasteiger partial charge in [0.1, 0.15) is 11.1 Å². The van der Waals surface area contributed by atoms with Crippen LogP contribution in [0.4, 0.5) is 4.39 Å². The predicted molar refractivity (Wildman–Crippen MR) is 68.4 cm³/mol. The first-order valence-corrected chi connectivity index (χ1v) is 6.80. The van der Waals surface area contributed by atoms with Crippen molar-refractivity contribution in [2.75, 3.05) is 0 Å². The monoisotopic (exact) mass is 276 g/mol. The van der Waals surface area contributed by atoms with E-state index in [0.29, 0.717) is 5.56 Å². The van der Waals surface area contributed by atoms with E-state index in [2.05, 4.69) is 16.9 Å². The zero-order valence-electron chi connectivity index (χ0n) is 9.18. The molecule has 0 radical (unpaired) electrons. The average Bonchev–Trinajstić information content (AvgIpc) is 2.27. The number of thiocarbonyl (C=S) groups is 1. The van der Waals surface area contributed by atoms with E-state index in [1.165, 1.54) is 31.2 Å². The van der Waals surface area contributed by atoms with Crippen molar-refractivity contribution < 1.29 is 12.8 Å². The summed E-state index contributed by atoms with van der Waals surface area (Å²) < 4.78 is 38.3. The minimum Gasteiger partial charge on any atom is -0.392 e. The fraction of sp³-hybridized carbons (Fsp3) is 0.300. The topological polar surface area (TPSA) is 72.2 Å². The van der Waals surface area contributed by atoms with Gasteiger partial charge in [0.25, 0.3) is 0 Å². The first kappa shape index (κ1) is 14.0. The van der Waals surface area contributed by atoms with Crippen LogP contribution in [0, 0.1) is 5.82 Å². The van der Waals surface area contributed by atoms with Gasteiger partial charge in [-0.3, -0.25) is 0 Å². The molecule has 3 N–H and O–H groups in total. The summed E-state index contributed by atoms with van der Waals surface area (Å²) in [6.07, 6.45) is 0. The van der Waals surface area contributed by atoms with Crippen molar-refractivity contribution in [3.8, 4) is 0 Å². The summed E-state index contributed by atoms with van der Waals surface area (Å²) in [7, 11) is -3.58. The second-order valence-corrected chi connectivity index (χ2v) is 6.09. The third-order valence-electron chi connectivity index (χ3n) is 2.26. The van der Waals surface area contributed by atoms with Gasteiger partial charge in [-0.15, -0.1) is 0 Å². The predicted octanol–water partition coefficient (Wildman–Crippen LogP) is 0.920. The second kappa shape index (κ2) is 5.52. The van der Waals surface area contributed by atoms with Crippen LogP contribution in [-0.4, -0.2) is 18.7 Å². The van der Waals surface area contributed by atoms with Gasteiger partial charge in [-0.1, -0.05) is 24.4 Å². The minimum absolute atomic E-state index is 0.0789. The van der Waals surface area contributed by atoms with Crippen LogP contribution in [0.1, 0.15) is 12.5 Å². The number of benzene rings is 1. The molecule has 1 rings (SSSR count). The van der Waals surface area contributed by atoms with Crippen LogP contribution < -0.4 is 10.5 Å². The Hall–Kier alpha value is -1.05. The maximum absolute atomic E-state index is 12.6. The van der Waals surface area contributed by atoms with Gasteiger partial charge in [0.05, 0.1) is 4.99 Å². The van der Waals surface area contributed by atoms with E-state index in [1.807, 2.05) is 0 Å². The zero-order chi connectivity index (χ0) is 13.1. The molecule has 0 heterocycles. The maximum Gasteiger partial charge on any atom is 0.221 e. The molecule has 7 heteroatoms. The number of hydrogen-bond acceptors (Lipinski definition) is 3. The van der Waals surface area contributed by atoms with Crippen molar-refractivity contribution in [3.63, 3.8) is 0 Å². The largest absolute Gasteiger partial charge is 0.392 e. The summed E-state index contributed by atoms with van der Waals surface area (Å²) in [5.41, 5.74) is 5.93. The number of nitrogens with one attached hydrogen (secondary N) is 1. The average molecular weight is 276 g/mol. The van der Waals surface area contributed by atoms with Gasteiger partial charge >= 0.3 is 0 Å². The highest BCUT2D eigenvalue weighted by Gasteiger charge is 2.22. The summed E-state index contributed by atoms with van der Waals surface area (Å²) in [4.78, 5) is -0.0865. The number of nitrogens with two attached hydrogens (primary N) is 1. The molecular weight excluding hydrogens is 263 g/mol. The number of rotatable bonds is 5. The Bertz CT molecular complexity index is 500. The fourth-order valence-corrected chi connectivity index (χ4v) is 2.37. The van der Waals surface area contributed by atoms with E-state index in [9.17, 15) is 12.8 Å². The summed E-state index contributed by atoms with van der Waals surface area (Å²) in [5, 5.41) is -0.932. The molecule has 1 unspecified atom stereocenters. The highest BCUT2D eigenvalue weighted by atomic mass is 32.2. The second-order valence-electron chi connectivity index (χ2n) is 3.54. The molecule has 0 saturated carbocycles. The Morgan fingerprint density at radius 2 is 2.00 bits per heavy atom. The fourth-order valence-electron chi connectivity index (χ4n) is 1.06. The zero-order valence-corrected chi connectivity index (χ0v) is 10.8. The molecule has 0 fully saturated rings. The van der Waals surface area contributed by atoms with Gasteiger partial charge in [0.2, 0.25) is 10.0 Å².